The first-order chi connectivity index (χ1) is 14.0. The molecule has 0 aliphatic carbocycles. The fourth-order valence-electron chi connectivity index (χ4n) is 4.36. The van der Waals surface area contributed by atoms with Crippen LogP contribution in [0, 0.1) is 0 Å². The van der Waals surface area contributed by atoms with Gasteiger partial charge < -0.3 is 19.7 Å². The summed E-state index contributed by atoms with van der Waals surface area (Å²) in [5, 5.41) is 3.52. The second-order valence-electron chi connectivity index (χ2n) is 7.33. The van der Waals surface area contributed by atoms with Crippen molar-refractivity contribution in [3.05, 3.63) is 52.5 Å². The third kappa shape index (κ3) is 3.53. The average Bonchev–Trinajstić information content (AvgIpc) is 2.73. The van der Waals surface area contributed by atoms with Gasteiger partial charge in [0.2, 0.25) is 5.91 Å². The van der Waals surface area contributed by atoms with Gasteiger partial charge in [-0.25, -0.2) is 0 Å². The van der Waals surface area contributed by atoms with Crippen molar-refractivity contribution in [2.45, 2.75) is 31.2 Å². The first-order valence-electron chi connectivity index (χ1n) is 9.67. The summed E-state index contributed by atoms with van der Waals surface area (Å²) in [6.07, 6.45) is 2.71. The molecule has 0 saturated carbocycles. The third-order valence-corrected chi connectivity index (χ3v) is 5.93. The third-order valence-electron chi connectivity index (χ3n) is 5.69. The molecule has 4 rings (SSSR count). The molecule has 2 aliphatic heterocycles. The largest absolute Gasteiger partial charge is 0.493 e. The molecule has 152 valence electrons. The Morgan fingerprint density at radius 3 is 2.62 bits per heavy atom. The number of nitrogens with one attached hydrogen (secondary N) is 1. The van der Waals surface area contributed by atoms with Gasteiger partial charge >= 0.3 is 0 Å². The van der Waals surface area contributed by atoms with Crippen molar-refractivity contribution in [3.8, 4) is 11.5 Å². The Hall–Kier alpha value is -2.73. The Morgan fingerprint density at radius 1 is 1.14 bits per heavy atom. The van der Waals surface area contributed by atoms with Gasteiger partial charge in [0.25, 0.3) is 5.91 Å². The number of amides is 2. The topological polar surface area (TPSA) is 67.9 Å². The summed E-state index contributed by atoms with van der Waals surface area (Å²) >= 11 is 6.06. The van der Waals surface area contributed by atoms with Crippen molar-refractivity contribution in [2.24, 2.45) is 0 Å². The number of fused-ring (bicyclic) bond motifs is 2. The van der Waals surface area contributed by atoms with Gasteiger partial charge in [-0.2, -0.15) is 0 Å². The van der Waals surface area contributed by atoms with Gasteiger partial charge in [-0.3, -0.25) is 9.59 Å². The fraction of sp³-hybridized carbons (Fsp3) is 0.364. The molecule has 0 aromatic heterocycles. The molecule has 1 fully saturated rings. The number of benzene rings is 2. The molecule has 2 amide bonds. The van der Waals surface area contributed by atoms with Gasteiger partial charge in [-0.05, 0) is 55.2 Å². The summed E-state index contributed by atoms with van der Waals surface area (Å²) in [5.41, 5.74) is 1.80. The Balaban J connectivity index is 1.79. The van der Waals surface area contributed by atoms with Crippen LogP contribution in [0.15, 0.2) is 36.4 Å². The quantitative estimate of drug-likeness (QED) is 0.818. The van der Waals surface area contributed by atoms with Gasteiger partial charge in [-0.1, -0.05) is 17.7 Å². The van der Waals surface area contributed by atoms with Crippen LogP contribution in [0.25, 0.3) is 0 Å². The standard InChI is InChI=1S/C22H23ClN2O4/c1-28-18-11-15-16(12-19(18)29-2)22(27)25-9-4-3-8-17(25)20(15)21(26)24-14-7-5-6-13(23)10-14/h5-7,10-12,17,20H,3-4,8-9H2,1-2H3,(H,24,26)/t17-,20+/m0/s1. The van der Waals surface area contributed by atoms with E-state index >= 15 is 0 Å². The zero-order valence-electron chi connectivity index (χ0n) is 16.4. The van der Waals surface area contributed by atoms with Gasteiger partial charge in [-0.15, -0.1) is 0 Å². The Bertz CT molecular complexity index is 962. The first-order valence-corrected chi connectivity index (χ1v) is 10.0. The van der Waals surface area contributed by atoms with E-state index in [0.717, 1.165) is 19.3 Å². The molecule has 0 bridgehead atoms. The van der Waals surface area contributed by atoms with E-state index in [1.807, 2.05) is 4.90 Å². The zero-order valence-corrected chi connectivity index (χ0v) is 17.2. The van der Waals surface area contributed by atoms with Crippen molar-refractivity contribution in [3.63, 3.8) is 0 Å². The van der Waals surface area contributed by atoms with Gasteiger partial charge in [0.15, 0.2) is 11.5 Å². The lowest BCUT2D eigenvalue weighted by molar-refractivity contribution is -0.119. The van der Waals surface area contributed by atoms with Crippen LogP contribution in [-0.2, 0) is 4.79 Å². The molecular formula is C22H23ClN2O4. The van der Waals surface area contributed by atoms with Crippen molar-refractivity contribution in [1.82, 2.24) is 4.90 Å². The first kappa shape index (κ1) is 19.6. The number of rotatable bonds is 4. The molecular weight excluding hydrogens is 392 g/mol. The lowest BCUT2D eigenvalue weighted by atomic mass is 9.78. The SMILES string of the molecule is COc1cc2c(cc1OC)[C@@H](C(=O)Nc1cccc(Cl)c1)[C@@H]1CCCCN1C2=O. The van der Waals surface area contributed by atoms with Crippen LogP contribution in [0.5, 0.6) is 11.5 Å². The Labute approximate surface area is 174 Å². The molecule has 6 nitrogen and oxygen atoms in total. The van der Waals surface area contributed by atoms with Crippen molar-refractivity contribution in [2.75, 3.05) is 26.1 Å². The molecule has 1 saturated heterocycles. The maximum Gasteiger partial charge on any atom is 0.254 e. The number of carbonyl (C=O) groups excluding carboxylic acids is 2. The number of hydrogen-bond donors (Lipinski definition) is 1. The highest BCUT2D eigenvalue weighted by Crippen LogP contribution is 2.43. The number of anilines is 1. The lowest BCUT2D eigenvalue weighted by Crippen LogP contribution is -2.53. The highest BCUT2D eigenvalue weighted by Gasteiger charge is 2.44. The fourth-order valence-corrected chi connectivity index (χ4v) is 4.55. The summed E-state index contributed by atoms with van der Waals surface area (Å²) in [6, 6.07) is 10.3. The van der Waals surface area contributed by atoms with Gasteiger partial charge in [0.1, 0.15) is 0 Å². The predicted molar refractivity (Wildman–Crippen MR) is 111 cm³/mol. The molecule has 2 aromatic rings. The van der Waals surface area contributed by atoms with Crippen molar-refractivity contribution in [1.29, 1.82) is 0 Å². The second kappa shape index (κ2) is 7.95. The van der Waals surface area contributed by atoms with E-state index in [4.69, 9.17) is 21.1 Å². The molecule has 2 heterocycles. The zero-order chi connectivity index (χ0) is 20.5. The normalized spacial score (nSPS) is 20.5. The molecule has 2 aromatic carbocycles. The van der Waals surface area contributed by atoms with Gasteiger partial charge in [0, 0.05) is 28.9 Å². The minimum Gasteiger partial charge on any atom is -0.493 e. The maximum atomic E-state index is 13.4. The number of hydrogen-bond acceptors (Lipinski definition) is 4. The van der Waals surface area contributed by atoms with E-state index < -0.39 is 5.92 Å². The highest BCUT2D eigenvalue weighted by molar-refractivity contribution is 6.30. The number of carbonyl (C=O) groups is 2. The minimum atomic E-state index is -0.498. The van der Waals surface area contributed by atoms with E-state index in [2.05, 4.69) is 5.32 Å². The number of halogens is 1. The monoisotopic (exact) mass is 414 g/mol. The molecule has 1 N–H and O–H groups in total. The van der Waals surface area contributed by atoms with Crippen LogP contribution in [0.2, 0.25) is 5.02 Å². The van der Waals surface area contributed by atoms with Crippen LogP contribution in [0.1, 0.15) is 41.1 Å². The Morgan fingerprint density at radius 2 is 1.90 bits per heavy atom. The lowest BCUT2D eigenvalue weighted by Gasteiger charge is -2.44. The smallest absolute Gasteiger partial charge is 0.254 e. The van der Waals surface area contributed by atoms with E-state index in [0.29, 0.717) is 39.9 Å². The number of methoxy groups -OCH3 is 2. The van der Waals surface area contributed by atoms with Crippen LogP contribution < -0.4 is 14.8 Å². The van der Waals surface area contributed by atoms with Gasteiger partial charge in [0.05, 0.1) is 20.1 Å². The van der Waals surface area contributed by atoms with E-state index in [-0.39, 0.29) is 17.9 Å². The summed E-state index contributed by atoms with van der Waals surface area (Å²) in [5.74, 6) is 0.261. The van der Waals surface area contributed by atoms with E-state index in [1.165, 1.54) is 7.11 Å². The highest BCUT2D eigenvalue weighted by atomic mass is 35.5. The van der Waals surface area contributed by atoms with Crippen LogP contribution in [0.4, 0.5) is 5.69 Å². The van der Waals surface area contributed by atoms with E-state index in [1.54, 1.807) is 43.5 Å². The molecule has 0 unspecified atom stereocenters. The number of piperidine rings is 1. The van der Waals surface area contributed by atoms with Crippen molar-refractivity contribution >= 4 is 29.1 Å². The second-order valence-corrected chi connectivity index (χ2v) is 7.77. The van der Waals surface area contributed by atoms with E-state index in [9.17, 15) is 9.59 Å². The van der Waals surface area contributed by atoms with Crippen LogP contribution in [-0.4, -0.2) is 43.5 Å². The number of nitrogens with zero attached hydrogens (tertiary/aromatic N) is 1. The Kier molecular flexibility index (Phi) is 5.37. The van der Waals surface area contributed by atoms with Crippen LogP contribution >= 0.6 is 11.6 Å². The van der Waals surface area contributed by atoms with Crippen molar-refractivity contribution < 1.29 is 19.1 Å². The average molecular weight is 415 g/mol. The molecule has 0 spiro atoms. The summed E-state index contributed by atoms with van der Waals surface area (Å²) in [4.78, 5) is 28.4. The summed E-state index contributed by atoms with van der Waals surface area (Å²) in [6.45, 7) is 0.651. The molecule has 7 heteroatoms. The molecule has 0 radical (unpaired) electrons. The molecule has 2 atom stereocenters. The maximum absolute atomic E-state index is 13.4. The van der Waals surface area contributed by atoms with Crippen LogP contribution in [0.3, 0.4) is 0 Å². The molecule has 2 aliphatic rings. The summed E-state index contributed by atoms with van der Waals surface area (Å²) in [7, 11) is 3.08. The number of ether oxygens (including phenoxy) is 2. The minimum absolute atomic E-state index is 0.0579. The molecule has 29 heavy (non-hydrogen) atoms. The summed E-state index contributed by atoms with van der Waals surface area (Å²) < 4.78 is 10.8. The predicted octanol–water partition coefficient (Wildman–Crippen LogP) is 4.09.